The third-order valence-corrected chi connectivity index (χ3v) is 5.56. The van der Waals surface area contributed by atoms with Crippen molar-refractivity contribution in [3.63, 3.8) is 0 Å². The molecule has 0 aromatic rings. The summed E-state index contributed by atoms with van der Waals surface area (Å²) in [5.74, 6) is 1.57. The number of allylic oxidation sites excluding steroid dienone is 1. The molecule has 0 aromatic heterocycles. The van der Waals surface area contributed by atoms with Gasteiger partial charge in [0.1, 0.15) is 0 Å². The Hall–Kier alpha value is -1.15. The number of piperidine rings is 3. The Morgan fingerprint density at radius 3 is 1.78 bits per heavy atom. The van der Waals surface area contributed by atoms with Crippen LogP contribution in [0.5, 0.6) is 0 Å². The highest BCUT2D eigenvalue weighted by Crippen LogP contribution is 2.20. The van der Waals surface area contributed by atoms with Gasteiger partial charge in [0.05, 0.1) is 18.3 Å². The maximum atomic E-state index is 10.3. The molecule has 1 atom stereocenters. The number of carbonyl (C=O) groups is 1. The van der Waals surface area contributed by atoms with Crippen LogP contribution in [0.3, 0.4) is 0 Å². The third kappa shape index (κ3) is 17.4. The van der Waals surface area contributed by atoms with Crippen molar-refractivity contribution in [1.29, 1.82) is 0 Å². The van der Waals surface area contributed by atoms with E-state index >= 15 is 0 Å². The van der Waals surface area contributed by atoms with Crippen LogP contribution in [-0.2, 0) is 9.53 Å². The minimum absolute atomic E-state index is 0.140. The molecule has 0 spiro atoms. The summed E-state index contributed by atoms with van der Waals surface area (Å²) in [6, 6.07) is 0. The van der Waals surface area contributed by atoms with Gasteiger partial charge in [-0.2, -0.15) is 0 Å². The molecule has 0 bridgehead atoms. The summed E-state index contributed by atoms with van der Waals surface area (Å²) in [5, 5.41) is 18.1. The second-order valence-electron chi connectivity index (χ2n) is 7.73. The summed E-state index contributed by atoms with van der Waals surface area (Å²) in [4.78, 5) is 10.3. The number of carboxylic acid groups (broad SMARTS) is 1. The Balaban J connectivity index is 0. The fourth-order valence-corrected chi connectivity index (χ4v) is 3.63. The van der Waals surface area contributed by atoms with Gasteiger partial charge in [-0.1, -0.05) is 34.3 Å². The normalized spacial score (nSPS) is 20.9. The fourth-order valence-electron chi connectivity index (χ4n) is 3.63. The third-order valence-electron chi connectivity index (χ3n) is 5.56. The van der Waals surface area contributed by atoms with E-state index in [2.05, 4.69) is 22.5 Å². The minimum atomic E-state index is -0.665. The van der Waals surface area contributed by atoms with Crippen LogP contribution < -0.4 is 21.7 Å². The number of carboxylic acids is 1. The lowest BCUT2D eigenvalue weighted by molar-refractivity contribution is -0.142. The van der Waals surface area contributed by atoms with E-state index < -0.39 is 5.97 Å². The number of aliphatic carboxylic acids is 1. The van der Waals surface area contributed by atoms with Gasteiger partial charge in [-0.3, -0.25) is 4.79 Å². The predicted molar refractivity (Wildman–Crippen MR) is 137 cm³/mol. The van der Waals surface area contributed by atoms with E-state index in [0.29, 0.717) is 12.5 Å². The standard InChI is InChI=1S/C9H17NO.C6H14N2.C6H11NO2.2C2H6/c1-3-11-8(2)9-4-6-10-7-5-9;7-5-6-1-3-8-4-2-6;8-6(9)5-2-1-3-7-4-5;2*1-2/h9-10H,2-7H2,1H3;6,8H,1-5,7H2;5,7H,1-4H2,(H,8,9);2*1-2H3. The highest BCUT2D eigenvalue weighted by molar-refractivity contribution is 5.70. The summed E-state index contributed by atoms with van der Waals surface area (Å²) in [5.41, 5.74) is 5.48. The average molecular weight is 459 g/mol. The lowest BCUT2D eigenvalue weighted by atomic mass is 9.97. The first-order valence-electron chi connectivity index (χ1n) is 12.9. The van der Waals surface area contributed by atoms with Crippen LogP contribution in [0.1, 0.15) is 73.1 Å². The van der Waals surface area contributed by atoms with E-state index in [4.69, 9.17) is 15.6 Å². The van der Waals surface area contributed by atoms with Crippen LogP contribution in [0.25, 0.3) is 0 Å². The Morgan fingerprint density at radius 1 is 0.906 bits per heavy atom. The molecule has 32 heavy (non-hydrogen) atoms. The summed E-state index contributed by atoms with van der Waals surface area (Å²) in [6.07, 6.45) is 6.74. The Morgan fingerprint density at radius 2 is 1.44 bits per heavy atom. The molecule has 7 nitrogen and oxygen atoms in total. The van der Waals surface area contributed by atoms with Gasteiger partial charge in [0.2, 0.25) is 0 Å². The number of nitrogens with two attached hydrogens (primary N) is 1. The van der Waals surface area contributed by atoms with Crippen molar-refractivity contribution in [3.05, 3.63) is 12.3 Å². The van der Waals surface area contributed by atoms with Crippen molar-refractivity contribution in [3.8, 4) is 0 Å². The topological polar surface area (TPSA) is 109 Å². The van der Waals surface area contributed by atoms with Crippen molar-refractivity contribution >= 4 is 5.97 Å². The van der Waals surface area contributed by atoms with Gasteiger partial charge in [0.25, 0.3) is 0 Å². The molecule has 0 amide bonds. The van der Waals surface area contributed by atoms with E-state index in [1.165, 1.54) is 38.8 Å². The van der Waals surface area contributed by atoms with Crippen LogP contribution in [0.15, 0.2) is 12.3 Å². The number of nitrogens with one attached hydrogen (secondary N) is 3. The maximum Gasteiger partial charge on any atom is 0.307 e. The van der Waals surface area contributed by atoms with E-state index in [1.807, 2.05) is 34.6 Å². The zero-order valence-electron chi connectivity index (χ0n) is 21.7. The van der Waals surface area contributed by atoms with Crippen molar-refractivity contribution in [2.75, 3.05) is 52.4 Å². The lowest BCUT2D eigenvalue weighted by Crippen LogP contribution is -2.34. The SMILES string of the molecule is C=C(OCC)C1CCNCC1.CC.CC.NCC1CCNCC1.O=C(O)C1CCCNC1. The number of hydrogen-bond donors (Lipinski definition) is 5. The first-order chi connectivity index (χ1) is 15.6. The summed E-state index contributed by atoms with van der Waals surface area (Å²) >= 11 is 0. The molecule has 0 aromatic carbocycles. The molecule has 3 rings (SSSR count). The second kappa shape index (κ2) is 24.5. The maximum absolute atomic E-state index is 10.3. The van der Waals surface area contributed by atoms with Crippen LogP contribution >= 0.6 is 0 Å². The van der Waals surface area contributed by atoms with Gasteiger partial charge >= 0.3 is 5.97 Å². The predicted octanol–water partition coefficient (Wildman–Crippen LogP) is 3.60. The molecule has 7 heteroatoms. The van der Waals surface area contributed by atoms with Crippen LogP contribution in [0, 0.1) is 17.8 Å². The quantitative estimate of drug-likeness (QED) is 0.401. The minimum Gasteiger partial charge on any atom is -0.499 e. The Bertz CT molecular complexity index is 417. The van der Waals surface area contributed by atoms with Crippen LogP contribution in [-0.4, -0.2) is 63.5 Å². The highest BCUT2D eigenvalue weighted by atomic mass is 16.5. The smallest absolute Gasteiger partial charge is 0.307 e. The van der Waals surface area contributed by atoms with Crippen LogP contribution in [0.2, 0.25) is 0 Å². The monoisotopic (exact) mass is 458 g/mol. The molecule has 3 aliphatic rings. The molecule has 3 aliphatic heterocycles. The zero-order chi connectivity index (χ0) is 24.6. The van der Waals surface area contributed by atoms with E-state index in [0.717, 1.165) is 57.3 Å². The molecule has 1 unspecified atom stereocenters. The number of rotatable bonds is 5. The van der Waals surface area contributed by atoms with Gasteiger partial charge in [-0.05, 0) is 90.6 Å². The summed E-state index contributed by atoms with van der Waals surface area (Å²) in [6.45, 7) is 21.7. The highest BCUT2D eigenvalue weighted by Gasteiger charge is 2.19. The molecule has 6 N–H and O–H groups in total. The lowest BCUT2D eigenvalue weighted by Gasteiger charge is -2.24. The Kier molecular flexibility index (Phi) is 25.3. The van der Waals surface area contributed by atoms with Crippen molar-refractivity contribution < 1.29 is 14.6 Å². The first kappa shape index (κ1) is 33.0. The number of hydrogen-bond acceptors (Lipinski definition) is 6. The largest absolute Gasteiger partial charge is 0.499 e. The van der Waals surface area contributed by atoms with Gasteiger partial charge in [0.15, 0.2) is 0 Å². The van der Waals surface area contributed by atoms with Gasteiger partial charge < -0.3 is 31.5 Å². The van der Waals surface area contributed by atoms with Crippen molar-refractivity contribution in [2.24, 2.45) is 23.5 Å². The molecule has 192 valence electrons. The van der Waals surface area contributed by atoms with Crippen LogP contribution in [0.4, 0.5) is 0 Å². The average Bonchev–Trinajstić information content (AvgIpc) is 2.89. The summed E-state index contributed by atoms with van der Waals surface area (Å²) in [7, 11) is 0. The van der Waals surface area contributed by atoms with Crippen molar-refractivity contribution in [1.82, 2.24) is 16.0 Å². The molecule has 0 saturated carbocycles. The Labute approximate surface area is 198 Å². The van der Waals surface area contributed by atoms with Crippen molar-refractivity contribution in [2.45, 2.75) is 73.1 Å². The van der Waals surface area contributed by atoms with Gasteiger partial charge in [-0.25, -0.2) is 0 Å². The fraction of sp³-hybridized carbons (Fsp3) is 0.880. The summed E-state index contributed by atoms with van der Waals surface area (Å²) < 4.78 is 5.36. The van der Waals surface area contributed by atoms with E-state index in [9.17, 15) is 4.79 Å². The number of ether oxygens (including phenoxy) is 1. The molecule has 3 heterocycles. The second-order valence-corrected chi connectivity index (χ2v) is 7.73. The molecule has 0 aliphatic carbocycles. The first-order valence-corrected chi connectivity index (χ1v) is 12.9. The van der Waals surface area contributed by atoms with Gasteiger partial charge in [-0.15, -0.1) is 0 Å². The van der Waals surface area contributed by atoms with E-state index in [1.54, 1.807) is 0 Å². The molecular formula is C25H54N4O3. The molecular weight excluding hydrogens is 404 g/mol. The zero-order valence-corrected chi connectivity index (χ0v) is 21.7. The van der Waals surface area contributed by atoms with Gasteiger partial charge in [0, 0.05) is 12.5 Å². The molecule has 0 radical (unpaired) electrons. The molecule has 3 fully saturated rings. The molecule has 3 saturated heterocycles. The van der Waals surface area contributed by atoms with E-state index in [-0.39, 0.29) is 5.92 Å².